The summed E-state index contributed by atoms with van der Waals surface area (Å²) in [7, 11) is 0. The molecule has 4 heteroatoms. The molecular weight excluding hydrogens is 216 g/mol. The Balaban J connectivity index is 2.44. The SMILES string of the molecule is Cc1ccc(-c2cc(C)c(C(=O)O)nn2)cc1. The van der Waals surface area contributed by atoms with Gasteiger partial charge in [0.05, 0.1) is 5.69 Å². The first-order valence-electron chi connectivity index (χ1n) is 5.22. The van der Waals surface area contributed by atoms with Gasteiger partial charge in [0.15, 0.2) is 5.69 Å². The van der Waals surface area contributed by atoms with Crippen molar-refractivity contribution >= 4 is 5.97 Å². The molecule has 0 amide bonds. The van der Waals surface area contributed by atoms with Gasteiger partial charge in [-0.15, -0.1) is 10.2 Å². The number of nitrogens with zero attached hydrogens (tertiary/aromatic N) is 2. The van der Waals surface area contributed by atoms with Gasteiger partial charge in [0.25, 0.3) is 0 Å². The Morgan fingerprint density at radius 2 is 1.76 bits per heavy atom. The van der Waals surface area contributed by atoms with Crippen LogP contribution < -0.4 is 0 Å². The van der Waals surface area contributed by atoms with Crippen molar-refractivity contribution < 1.29 is 9.90 Å². The van der Waals surface area contributed by atoms with Crippen molar-refractivity contribution in [2.75, 3.05) is 0 Å². The summed E-state index contributed by atoms with van der Waals surface area (Å²) in [5.74, 6) is -1.05. The molecule has 86 valence electrons. The molecule has 2 aromatic rings. The molecule has 0 bridgehead atoms. The molecule has 1 aromatic heterocycles. The second kappa shape index (κ2) is 4.33. The zero-order valence-electron chi connectivity index (χ0n) is 9.64. The average molecular weight is 228 g/mol. The van der Waals surface area contributed by atoms with E-state index in [0.717, 1.165) is 5.56 Å². The van der Waals surface area contributed by atoms with Crippen molar-refractivity contribution in [2.24, 2.45) is 0 Å². The third kappa shape index (κ3) is 2.30. The van der Waals surface area contributed by atoms with Crippen molar-refractivity contribution in [3.8, 4) is 11.3 Å². The van der Waals surface area contributed by atoms with E-state index in [-0.39, 0.29) is 5.69 Å². The van der Waals surface area contributed by atoms with Gasteiger partial charge in [0.1, 0.15) is 0 Å². The molecule has 2 rings (SSSR count). The van der Waals surface area contributed by atoms with Crippen molar-refractivity contribution in [1.82, 2.24) is 10.2 Å². The van der Waals surface area contributed by atoms with Crippen LogP contribution in [0.25, 0.3) is 11.3 Å². The lowest BCUT2D eigenvalue weighted by Crippen LogP contribution is -2.05. The molecule has 0 radical (unpaired) electrons. The van der Waals surface area contributed by atoms with Crippen LogP contribution >= 0.6 is 0 Å². The van der Waals surface area contributed by atoms with Crippen LogP contribution in [-0.2, 0) is 0 Å². The topological polar surface area (TPSA) is 63.1 Å². The Bertz CT molecular complexity index is 562. The lowest BCUT2D eigenvalue weighted by Gasteiger charge is -2.03. The highest BCUT2D eigenvalue weighted by Crippen LogP contribution is 2.18. The number of hydrogen-bond donors (Lipinski definition) is 1. The van der Waals surface area contributed by atoms with E-state index < -0.39 is 5.97 Å². The molecule has 1 aromatic carbocycles. The highest BCUT2D eigenvalue weighted by atomic mass is 16.4. The highest BCUT2D eigenvalue weighted by molar-refractivity contribution is 5.87. The molecule has 0 atom stereocenters. The molecule has 0 saturated carbocycles. The zero-order valence-corrected chi connectivity index (χ0v) is 9.64. The minimum Gasteiger partial charge on any atom is -0.476 e. The minimum absolute atomic E-state index is 0.000798. The number of benzene rings is 1. The van der Waals surface area contributed by atoms with E-state index in [2.05, 4.69) is 10.2 Å². The molecule has 0 fully saturated rings. The largest absolute Gasteiger partial charge is 0.476 e. The summed E-state index contributed by atoms with van der Waals surface area (Å²) in [5, 5.41) is 16.5. The van der Waals surface area contributed by atoms with Gasteiger partial charge in [-0.2, -0.15) is 0 Å². The molecule has 0 aliphatic carbocycles. The lowest BCUT2D eigenvalue weighted by molar-refractivity contribution is 0.0688. The molecule has 0 unspecified atom stereocenters. The molecule has 0 aliphatic heterocycles. The Labute approximate surface area is 98.9 Å². The molecule has 1 heterocycles. The van der Waals surface area contributed by atoms with Crippen molar-refractivity contribution in [3.05, 3.63) is 47.2 Å². The third-order valence-electron chi connectivity index (χ3n) is 2.53. The second-order valence-corrected chi connectivity index (χ2v) is 3.93. The fourth-order valence-electron chi connectivity index (χ4n) is 1.56. The van der Waals surface area contributed by atoms with Gasteiger partial charge >= 0.3 is 5.97 Å². The number of hydrogen-bond acceptors (Lipinski definition) is 3. The standard InChI is InChI=1S/C13H12N2O2/c1-8-3-5-10(6-4-8)11-7-9(2)12(13(16)17)15-14-11/h3-7H,1-2H3,(H,16,17). The van der Waals surface area contributed by atoms with Gasteiger partial charge in [0.2, 0.25) is 0 Å². The summed E-state index contributed by atoms with van der Waals surface area (Å²) in [6.45, 7) is 3.73. The molecule has 0 saturated heterocycles. The summed E-state index contributed by atoms with van der Waals surface area (Å²) >= 11 is 0. The molecule has 4 nitrogen and oxygen atoms in total. The summed E-state index contributed by atoms with van der Waals surface area (Å²) in [5.41, 5.74) is 3.40. The second-order valence-electron chi connectivity index (χ2n) is 3.93. The van der Waals surface area contributed by atoms with E-state index in [1.165, 1.54) is 5.56 Å². The van der Waals surface area contributed by atoms with Crippen LogP contribution in [0.1, 0.15) is 21.6 Å². The number of aromatic carboxylic acids is 1. The van der Waals surface area contributed by atoms with Crippen LogP contribution in [0.2, 0.25) is 0 Å². The van der Waals surface area contributed by atoms with E-state index in [0.29, 0.717) is 11.3 Å². The normalized spacial score (nSPS) is 10.2. The van der Waals surface area contributed by atoms with Gasteiger partial charge in [-0.05, 0) is 25.5 Å². The maximum atomic E-state index is 10.8. The summed E-state index contributed by atoms with van der Waals surface area (Å²) in [4.78, 5) is 10.8. The van der Waals surface area contributed by atoms with Crippen LogP contribution in [0.15, 0.2) is 30.3 Å². The number of carbonyl (C=O) groups is 1. The van der Waals surface area contributed by atoms with E-state index in [1.54, 1.807) is 13.0 Å². The Morgan fingerprint density at radius 1 is 1.12 bits per heavy atom. The fraction of sp³-hybridized carbons (Fsp3) is 0.154. The van der Waals surface area contributed by atoms with Crippen molar-refractivity contribution in [1.29, 1.82) is 0 Å². The van der Waals surface area contributed by atoms with Gasteiger partial charge in [-0.25, -0.2) is 4.79 Å². The first kappa shape index (κ1) is 11.3. The van der Waals surface area contributed by atoms with E-state index in [9.17, 15) is 4.79 Å². The van der Waals surface area contributed by atoms with Crippen LogP contribution in [0.4, 0.5) is 0 Å². The minimum atomic E-state index is -1.05. The number of carboxylic acids is 1. The van der Waals surface area contributed by atoms with Crippen molar-refractivity contribution in [2.45, 2.75) is 13.8 Å². The van der Waals surface area contributed by atoms with Gasteiger partial charge < -0.3 is 5.11 Å². The monoisotopic (exact) mass is 228 g/mol. The molecule has 17 heavy (non-hydrogen) atoms. The molecule has 1 N–H and O–H groups in total. The smallest absolute Gasteiger partial charge is 0.356 e. The first-order valence-corrected chi connectivity index (χ1v) is 5.22. The maximum Gasteiger partial charge on any atom is 0.356 e. The van der Waals surface area contributed by atoms with Gasteiger partial charge in [-0.3, -0.25) is 0 Å². The maximum absolute atomic E-state index is 10.8. The predicted octanol–water partition coefficient (Wildman–Crippen LogP) is 2.46. The summed E-state index contributed by atoms with van der Waals surface area (Å²) < 4.78 is 0. The molecule has 0 spiro atoms. The van der Waals surface area contributed by atoms with E-state index in [1.807, 2.05) is 31.2 Å². The van der Waals surface area contributed by atoms with Gasteiger partial charge in [0, 0.05) is 5.56 Å². The van der Waals surface area contributed by atoms with E-state index >= 15 is 0 Å². The Kier molecular flexibility index (Phi) is 2.87. The quantitative estimate of drug-likeness (QED) is 0.857. The average Bonchev–Trinajstić information content (AvgIpc) is 2.29. The summed E-state index contributed by atoms with van der Waals surface area (Å²) in [6.07, 6.45) is 0. The third-order valence-corrected chi connectivity index (χ3v) is 2.53. The Hall–Kier alpha value is -2.23. The fourth-order valence-corrected chi connectivity index (χ4v) is 1.56. The number of rotatable bonds is 2. The molecular formula is C13H12N2O2. The van der Waals surface area contributed by atoms with Crippen LogP contribution in [0.5, 0.6) is 0 Å². The molecule has 0 aliphatic rings. The van der Waals surface area contributed by atoms with Crippen LogP contribution in [0, 0.1) is 13.8 Å². The highest BCUT2D eigenvalue weighted by Gasteiger charge is 2.11. The van der Waals surface area contributed by atoms with Gasteiger partial charge in [-0.1, -0.05) is 29.8 Å². The van der Waals surface area contributed by atoms with E-state index in [4.69, 9.17) is 5.11 Å². The van der Waals surface area contributed by atoms with Crippen LogP contribution in [0.3, 0.4) is 0 Å². The number of carboxylic acid groups (broad SMARTS) is 1. The Morgan fingerprint density at radius 3 is 2.29 bits per heavy atom. The summed E-state index contributed by atoms with van der Waals surface area (Å²) in [6, 6.07) is 9.59. The first-order chi connectivity index (χ1) is 8.08. The lowest BCUT2D eigenvalue weighted by atomic mass is 10.1. The number of aromatic nitrogens is 2. The zero-order chi connectivity index (χ0) is 12.4. The van der Waals surface area contributed by atoms with Crippen molar-refractivity contribution in [3.63, 3.8) is 0 Å². The predicted molar refractivity (Wildman–Crippen MR) is 63.9 cm³/mol. The number of aryl methyl sites for hydroxylation is 2. The van der Waals surface area contributed by atoms with Crippen LogP contribution in [-0.4, -0.2) is 21.3 Å².